The number of hydrogen-bond donors (Lipinski definition) is 2. The lowest BCUT2D eigenvalue weighted by Gasteiger charge is -2.28. The zero-order chi connectivity index (χ0) is 11.1. The summed E-state index contributed by atoms with van der Waals surface area (Å²) in [6.45, 7) is 0. The minimum absolute atomic E-state index is 0.115. The highest BCUT2D eigenvalue weighted by Crippen LogP contribution is 2.53. The highest BCUT2D eigenvalue weighted by molar-refractivity contribution is 6.52. The molecular formula is C10H15Cl2NO2. The Bertz CT molecular complexity index is 270. The summed E-state index contributed by atoms with van der Waals surface area (Å²) in [5.74, 6) is -0.416. The number of nitrogens with one attached hydrogen (secondary N) is 1. The van der Waals surface area contributed by atoms with Gasteiger partial charge in [-0.25, -0.2) is 0 Å². The van der Waals surface area contributed by atoms with Gasteiger partial charge in [-0.3, -0.25) is 4.79 Å². The summed E-state index contributed by atoms with van der Waals surface area (Å²) in [5, 5.41) is 12.5. The fraction of sp³-hybridized carbons (Fsp3) is 0.900. The summed E-state index contributed by atoms with van der Waals surface area (Å²) in [4.78, 5) is 11.6. The van der Waals surface area contributed by atoms with Gasteiger partial charge in [0.1, 0.15) is 4.33 Å². The summed E-state index contributed by atoms with van der Waals surface area (Å²) >= 11 is 11.6. The van der Waals surface area contributed by atoms with Crippen molar-refractivity contribution in [2.24, 2.45) is 5.92 Å². The number of hydrogen-bond acceptors (Lipinski definition) is 2. The van der Waals surface area contributed by atoms with Gasteiger partial charge in [0.15, 0.2) is 0 Å². The molecule has 2 saturated carbocycles. The van der Waals surface area contributed by atoms with Gasteiger partial charge in [-0.15, -0.1) is 23.2 Å². The van der Waals surface area contributed by atoms with Gasteiger partial charge < -0.3 is 10.4 Å². The van der Waals surface area contributed by atoms with E-state index in [1.54, 1.807) is 0 Å². The minimum atomic E-state index is -0.871. The van der Waals surface area contributed by atoms with Crippen LogP contribution in [0.2, 0.25) is 0 Å². The number of aliphatic hydroxyl groups excluding tert-OH is 1. The van der Waals surface area contributed by atoms with Crippen molar-refractivity contribution < 1.29 is 9.90 Å². The predicted molar refractivity (Wildman–Crippen MR) is 58.9 cm³/mol. The maximum atomic E-state index is 11.6. The molecule has 0 aromatic heterocycles. The van der Waals surface area contributed by atoms with Crippen LogP contribution in [-0.4, -0.2) is 27.5 Å². The molecule has 1 amide bonds. The van der Waals surface area contributed by atoms with E-state index >= 15 is 0 Å². The molecule has 0 spiro atoms. The van der Waals surface area contributed by atoms with E-state index in [2.05, 4.69) is 5.32 Å². The molecule has 0 bridgehead atoms. The largest absolute Gasteiger partial charge is 0.391 e. The molecule has 0 radical (unpaired) electrons. The molecule has 3 unspecified atom stereocenters. The highest BCUT2D eigenvalue weighted by atomic mass is 35.5. The second-order valence-electron chi connectivity index (χ2n) is 4.48. The van der Waals surface area contributed by atoms with E-state index in [9.17, 15) is 9.90 Å². The molecule has 2 rings (SSSR count). The fourth-order valence-corrected chi connectivity index (χ4v) is 2.57. The van der Waals surface area contributed by atoms with E-state index in [4.69, 9.17) is 23.2 Å². The summed E-state index contributed by atoms with van der Waals surface area (Å²) in [7, 11) is 0. The molecule has 0 aromatic rings. The number of alkyl halides is 2. The van der Waals surface area contributed by atoms with Crippen LogP contribution >= 0.6 is 23.2 Å². The summed E-state index contributed by atoms with van der Waals surface area (Å²) in [5.41, 5.74) is 0. The number of aliphatic hydroxyl groups is 1. The van der Waals surface area contributed by atoms with Crippen LogP contribution in [0.5, 0.6) is 0 Å². The third-order valence-electron chi connectivity index (χ3n) is 3.20. The van der Waals surface area contributed by atoms with Gasteiger partial charge in [-0.2, -0.15) is 0 Å². The second-order valence-corrected chi connectivity index (χ2v) is 6.03. The van der Waals surface area contributed by atoms with Gasteiger partial charge in [0, 0.05) is 0 Å². The second kappa shape index (κ2) is 4.11. The number of carbonyl (C=O) groups is 1. The van der Waals surface area contributed by atoms with Gasteiger partial charge >= 0.3 is 0 Å². The van der Waals surface area contributed by atoms with Gasteiger partial charge in [-0.05, 0) is 19.3 Å². The number of carbonyl (C=O) groups excluding carboxylic acids is 1. The lowest BCUT2D eigenvalue weighted by atomic mass is 9.92. The lowest BCUT2D eigenvalue weighted by Crippen LogP contribution is -2.46. The molecule has 0 saturated heterocycles. The Labute approximate surface area is 99.1 Å². The number of halogens is 2. The smallest absolute Gasteiger partial charge is 0.226 e. The van der Waals surface area contributed by atoms with Crippen molar-refractivity contribution in [1.82, 2.24) is 5.32 Å². The average molecular weight is 252 g/mol. The van der Waals surface area contributed by atoms with Crippen LogP contribution < -0.4 is 5.32 Å². The Balaban J connectivity index is 1.83. The van der Waals surface area contributed by atoms with Crippen molar-refractivity contribution in [3.05, 3.63) is 0 Å². The number of amides is 1. The summed E-state index contributed by atoms with van der Waals surface area (Å²) in [6, 6.07) is -0.115. The van der Waals surface area contributed by atoms with Crippen LogP contribution in [0.4, 0.5) is 0 Å². The quantitative estimate of drug-likeness (QED) is 0.733. The molecule has 2 aliphatic carbocycles. The monoisotopic (exact) mass is 251 g/mol. The van der Waals surface area contributed by atoms with Crippen LogP contribution in [0.15, 0.2) is 0 Å². The van der Waals surface area contributed by atoms with Crippen molar-refractivity contribution in [2.45, 2.75) is 48.6 Å². The zero-order valence-electron chi connectivity index (χ0n) is 8.38. The maximum Gasteiger partial charge on any atom is 0.226 e. The molecule has 86 valence electrons. The average Bonchev–Trinajstić information content (AvgIpc) is 2.79. The van der Waals surface area contributed by atoms with Crippen molar-refractivity contribution in [3.63, 3.8) is 0 Å². The third kappa shape index (κ3) is 2.58. The van der Waals surface area contributed by atoms with Gasteiger partial charge in [0.25, 0.3) is 0 Å². The van der Waals surface area contributed by atoms with Crippen LogP contribution in [-0.2, 0) is 4.79 Å². The molecule has 0 aromatic carbocycles. The molecule has 0 heterocycles. The summed E-state index contributed by atoms with van der Waals surface area (Å²) < 4.78 is -0.871. The van der Waals surface area contributed by atoms with E-state index in [0.29, 0.717) is 6.42 Å². The molecular weight excluding hydrogens is 237 g/mol. The SMILES string of the molecule is O=C(NC1CCCCC1O)C1CC1(Cl)Cl. The van der Waals surface area contributed by atoms with Crippen LogP contribution in [0.25, 0.3) is 0 Å². The first-order chi connectivity index (χ1) is 7.00. The Kier molecular flexibility index (Phi) is 3.15. The van der Waals surface area contributed by atoms with E-state index in [-0.39, 0.29) is 17.9 Å². The first-order valence-corrected chi connectivity index (χ1v) is 6.12. The van der Waals surface area contributed by atoms with Crippen LogP contribution in [0, 0.1) is 5.92 Å². The summed E-state index contributed by atoms with van der Waals surface area (Å²) in [6.07, 6.45) is 3.80. The molecule has 2 aliphatic rings. The molecule has 2 fully saturated rings. The molecule has 0 aliphatic heterocycles. The van der Waals surface area contributed by atoms with Crippen molar-refractivity contribution in [1.29, 1.82) is 0 Å². The first-order valence-electron chi connectivity index (χ1n) is 5.37. The fourth-order valence-electron chi connectivity index (χ4n) is 2.06. The topological polar surface area (TPSA) is 49.3 Å². The minimum Gasteiger partial charge on any atom is -0.391 e. The Hall–Kier alpha value is 0.01000. The van der Waals surface area contributed by atoms with Gasteiger partial charge in [0.05, 0.1) is 18.1 Å². The standard InChI is InChI=1S/C10H15Cl2NO2/c11-10(12)5-6(10)9(15)13-7-3-1-2-4-8(7)14/h6-8,14H,1-5H2,(H,13,15). The third-order valence-corrected chi connectivity index (χ3v) is 4.04. The Morgan fingerprint density at radius 2 is 1.93 bits per heavy atom. The number of rotatable bonds is 2. The van der Waals surface area contributed by atoms with Crippen molar-refractivity contribution in [2.75, 3.05) is 0 Å². The maximum absolute atomic E-state index is 11.6. The zero-order valence-corrected chi connectivity index (χ0v) is 9.89. The van der Waals surface area contributed by atoms with E-state index in [0.717, 1.165) is 25.7 Å². The predicted octanol–water partition coefficient (Wildman–Crippen LogP) is 1.60. The normalized spacial score (nSPS) is 38.5. The molecule has 3 atom stereocenters. The lowest BCUT2D eigenvalue weighted by molar-refractivity contribution is -0.124. The van der Waals surface area contributed by atoms with Crippen molar-refractivity contribution >= 4 is 29.1 Å². The molecule has 3 nitrogen and oxygen atoms in total. The molecule has 15 heavy (non-hydrogen) atoms. The molecule has 2 N–H and O–H groups in total. The highest BCUT2D eigenvalue weighted by Gasteiger charge is 2.56. The van der Waals surface area contributed by atoms with Gasteiger partial charge in [-0.1, -0.05) is 12.8 Å². The van der Waals surface area contributed by atoms with Crippen LogP contribution in [0.1, 0.15) is 32.1 Å². The Morgan fingerprint density at radius 1 is 1.33 bits per heavy atom. The van der Waals surface area contributed by atoms with Gasteiger partial charge in [0.2, 0.25) is 5.91 Å². The van der Waals surface area contributed by atoms with E-state index < -0.39 is 10.4 Å². The van der Waals surface area contributed by atoms with E-state index in [1.165, 1.54) is 0 Å². The molecule has 5 heteroatoms. The van der Waals surface area contributed by atoms with Crippen LogP contribution in [0.3, 0.4) is 0 Å². The van der Waals surface area contributed by atoms with E-state index in [1.807, 2.05) is 0 Å². The van der Waals surface area contributed by atoms with Crippen molar-refractivity contribution in [3.8, 4) is 0 Å². The first kappa shape index (κ1) is 11.5. The Morgan fingerprint density at radius 3 is 2.47 bits per heavy atom.